The van der Waals surface area contributed by atoms with Gasteiger partial charge in [0.1, 0.15) is 12.6 Å². The van der Waals surface area contributed by atoms with Crippen LogP contribution in [0.5, 0.6) is 0 Å². The van der Waals surface area contributed by atoms with Gasteiger partial charge in [-0.1, -0.05) is 48.5 Å². The van der Waals surface area contributed by atoms with Crippen LogP contribution in [0.4, 0.5) is 0 Å². The first-order valence-electron chi connectivity index (χ1n) is 5.41. The molecule has 0 radical (unpaired) electrons. The number of rotatable bonds is 4. The van der Waals surface area contributed by atoms with Crippen molar-refractivity contribution >= 4 is 12.6 Å². The molecule has 0 saturated heterocycles. The molecular formula is C15H12O2. The lowest BCUT2D eigenvalue weighted by molar-refractivity contribution is -0.107. The fraction of sp³-hybridized carbons (Fsp3) is 0.0667. The zero-order valence-electron chi connectivity index (χ0n) is 9.30. The molecule has 2 rings (SSSR count). The first kappa shape index (κ1) is 11.3. The summed E-state index contributed by atoms with van der Waals surface area (Å²) in [7, 11) is 0. The summed E-state index contributed by atoms with van der Waals surface area (Å²) >= 11 is 0. The zero-order chi connectivity index (χ0) is 12.1. The highest BCUT2D eigenvalue weighted by Gasteiger charge is 1.98. The van der Waals surface area contributed by atoms with Crippen LogP contribution < -0.4 is 0 Å². The summed E-state index contributed by atoms with van der Waals surface area (Å²) in [6, 6.07) is 15.3. The Hall–Kier alpha value is -2.22. The van der Waals surface area contributed by atoms with E-state index >= 15 is 0 Å². The molecular weight excluding hydrogens is 212 g/mol. The lowest BCUT2D eigenvalue weighted by Gasteiger charge is -2.03. The first-order chi connectivity index (χ1) is 8.33. The molecule has 84 valence electrons. The number of hydrogen-bond acceptors (Lipinski definition) is 2. The molecule has 2 aromatic carbocycles. The van der Waals surface area contributed by atoms with Gasteiger partial charge in [-0.15, -0.1) is 0 Å². The van der Waals surface area contributed by atoms with Gasteiger partial charge < -0.3 is 4.79 Å². The second-order valence-corrected chi connectivity index (χ2v) is 3.81. The molecule has 0 heterocycles. The summed E-state index contributed by atoms with van der Waals surface area (Å²) in [5.74, 6) is 0. The summed E-state index contributed by atoms with van der Waals surface area (Å²) in [6.07, 6.45) is 2.18. The van der Waals surface area contributed by atoms with Gasteiger partial charge in [0.15, 0.2) is 0 Å². The van der Waals surface area contributed by atoms with E-state index in [1.165, 1.54) is 0 Å². The van der Waals surface area contributed by atoms with Crippen LogP contribution in [0.25, 0.3) is 11.1 Å². The van der Waals surface area contributed by atoms with Crippen LogP contribution >= 0.6 is 0 Å². The molecule has 2 heteroatoms. The van der Waals surface area contributed by atoms with Crippen LogP contribution in [0.1, 0.15) is 15.9 Å². The van der Waals surface area contributed by atoms with E-state index in [1.54, 1.807) is 12.1 Å². The van der Waals surface area contributed by atoms with Crippen molar-refractivity contribution in [3.63, 3.8) is 0 Å². The van der Waals surface area contributed by atoms with E-state index in [1.807, 2.05) is 36.4 Å². The number of carbonyl (C=O) groups excluding carboxylic acids is 2. The molecule has 2 aromatic rings. The maximum atomic E-state index is 10.5. The Morgan fingerprint density at radius 1 is 0.765 bits per heavy atom. The lowest BCUT2D eigenvalue weighted by Crippen LogP contribution is -1.86. The van der Waals surface area contributed by atoms with E-state index in [0.717, 1.165) is 29.3 Å². The molecule has 0 aromatic heterocycles. The van der Waals surface area contributed by atoms with Gasteiger partial charge in [-0.05, 0) is 16.7 Å². The van der Waals surface area contributed by atoms with Crippen LogP contribution in [-0.4, -0.2) is 12.6 Å². The van der Waals surface area contributed by atoms with Gasteiger partial charge in [0.05, 0.1) is 0 Å². The Balaban J connectivity index is 2.26. The summed E-state index contributed by atoms with van der Waals surface area (Å²) in [6.45, 7) is 0. The van der Waals surface area contributed by atoms with E-state index in [9.17, 15) is 9.59 Å². The van der Waals surface area contributed by atoms with Crippen molar-refractivity contribution < 1.29 is 9.59 Å². The Kier molecular flexibility index (Phi) is 3.46. The van der Waals surface area contributed by atoms with Crippen molar-refractivity contribution in [2.24, 2.45) is 0 Å². The first-order valence-corrected chi connectivity index (χ1v) is 5.41. The lowest BCUT2D eigenvalue weighted by atomic mass is 10.0. The van der Waals surface area contributed by atoms with Crippen LogP contribution in [0.2, 0.25) is 0 Å². The minimum absolute atomic E-state index is 0.449. The molecule has 17 heavy (non-hydrogen) atoms. The predicted octanol–water partition coefficient (Wildman–Crippen LogP) is 2.91. The van der Waals surface area contributed by atoms with Gasteiger partial charge in [0, 0.05) is 12.0 Å². The minimum atomic E-state index is 0.449. The quantitative estimate of drug-likeness (QED) is 0.748. The molecule has 0 bridgehead atoms. The topological polar surface area (TPSA) is 34.1 Å². The molecule has 0 atom stereocenters. The molecule has 0 spiro atoms. The summed E-state index contributed by atoms with van der Waals surface area (Å²) < 4.78 is 0. The Morgan fingerprint density at radius 2 is 1.29 bits per heavy atom. The van der Waals surface area contributed by atoms with E-state index in [-0.39, 0.29) is 0 Å². The third-order valence-electron chi connectivity index (χ3n) is 2.65. The zero-order valence-corrected chi connectivity index (χ0v) is 9.30. The maximum Gasteiger partial charge on any atom is 0.150 e. The van der Waals surface area contributed by atoms with Gasteiger partial charge in [0.2, 0.25) is 0 Å². The maximum absolute atomic E-state index is 10.5. The highest BCUT2D eigenvalue weighted by atomic mass is 16.1. The smallest absolute Gasteiger partial charge is 0.150 e. The number of hydrogen-bond donors (Lipinski definition) is 0. The van der Waals surface area contributed by atoms with E-state index in [0.29, 0.717) is 12.0 Å². The van der Waals surface area contributed by atoms with Crippen LogP contribution in [0.3, 0.4) is 0 Å². The van der Waals surface area contributed by atoms with E-state index in [4.69, 9.17) is 0 Å². The van der Waals surface area contributed by atoms with Gasteiger partial charge in [0.25, 0.3) is 0 Å². The predicted molar refractivity (Wildman–Crippen MR) is 67.0 cm³/mol. The van der Waals surface area contributed by atoms with Gasteiger partial charge in [-0.2, -0.15) is 0 Å². The fourth-order valence-corrected chi connectivity index (χ4v) is 1.68. The van der Waals surface area contributed by atoms with Gasteiger partial charge in [-0.25, -0.2) is 0 Å². The van der Waals surface area contributed by atoms with Crippen LogP contribution in [-0.2, 0) is 11.2 Å². The highest BCUT2D eigenvalue weighted by Crippen LogP contribution is 2.20. The third-order valence-corrected chi connectivity index (χ3v) is 2.65. The van der Waals surface area contributed by atoms with Crippen molar-refractivity contribution in [1.29, 1.82) is 0 Å². The average Bonchev–Trinajstić information content (AvgIpc) is 2.40. The molecule has 2 nitrogen and oxygen atoms in total. The largest absolute Gasteiger partial charge is 0.303 e. The fourth-order valence-electron chi connectivity index (χ4n) is 1.68. The van der Waals surface area contributed by atoms with Crippen molar-refractivity contribution in [3.8, 4) is 11.1 Å². The Bertz CT molecular complexity index is 510. The van der Waals surface area contributed by atoms with Crippen molar-refractivity contribution in [3.05, 3.63) is 59.7 Å². The Labute approximate surface area is 99.9 Å². The number of carbonyl (C=O) groups is 2. The second-order valence-electron chi connectivity index (χ2n) is 3.81. The van der Waals surface area contributed by atoms with Crippen molar-refractivity contribution in [1.82, 2.24) is 0 Å². The highest BCUT2D eigenvalue weighted by molar-refractivity contribution is 5.77. The van der Waals surface area contributed by atoms with Crippen LogP contribution in [0.15, 0.2) is 48.5 Å². The molecule has 0 aliphatic rings. The summed E-state index contributed by atoms with van der Waals surface area (Å²) in [5.41, 5.74) is 3.82. The molecule has 0 aliphatic carbocycles. The minimum Gasteiger partial charge on any atom is -0.303 e. The molecule has 0 unspecified atom stereocenters. The van der Waals surface area contributed by atoms with Crippen molar-refractivity contribution in [2.75, 3.05) is 0 Å². The molecule has 0 saturated carbocycles. The summed E-state index contributed by atoms with van der Waals surface area (Å²) in [4.78, 5) is 20.9. The van der Waals surface area contributed by atoms with E-state index in [2.05, 4.69) is 0 Å². The SMILES string of the molecule is O=CCc1ccc(-c2ccc(C=O)cc2)cc1. The summed E-state index contributed by atoms with van der Waals surface area (Å²) in [5, 5.41) is 0. The monoisotopic (exact) mass is 224 g/mol. The van der Waals surface area contributed by atoms with Crippen molar-refractivity contribution in [2.45, 2.75) is 6.42 Å². The van der Waals surface area contributed by atoms with Gasteiger partial charge >= 0.3 is 0 Å². The standard InChI is InChI=1S/C15H12O2/c16-10-9-12-1-5-14(6-2-12)15-7-3-13(11-17)4-8-15/h1-8,10-11H,9H2. The molecule has 0 fully saturated rings. The normalized spacial score (nSPS) is 9.88. The van der Waals surface area contributed by atoms with Crippen LogP contribution in [0, 0.1) is 0 Å². The molecule has 0 N–H and O–H groups in total. The second kappa shape index (κ2) is 5.21. The van der Waals surface area contributed by atoms with Gasteiger partial charge in [-0.3, -0.25) is 4.79 Å². The third kappa shape index (κ3) is 2.67. The number of aldehydes is 2. The molecule has 0 amide bonds. The average molecular weight is 224 g/mol. The Morgan fingerprint density at radius 3 is 1.76 bits per heavy atom. The van der Waals surface area contributed by atoms with E-state index < -0.39 is 0 Å². The number of benzene rings is 2. The molecule has 0 aliphatic heterocycles.